The zero-order valence-electron chi connectivity index (χ0n) is 20.1. The number of fused-ring (bicyclic) bond motifs is 1. The Morgan fingerprint density at radius 2 is 1.76 bits per heavy atom. The average Bonchev–Trinajstić information content (AvgIpc) is 3.37. The number of rotatable bonds is 6. The topological polar surface area (TPSA) is 94.2 Å². The molecule has 1 amide bonds. The molecule has 1 aliphatic rings. The normalized spacial score (nSPS) is 14.9. The highest BCUT2D eigenvalue weighted by atomic mass is 35.5. The molecule has 4 aromatic carbocycles. The minimum absolute atomic E-state index is 0.144. The Bertz CT molecular complexity index is 1520. The predicted octanol–water partition coefficient (Wildman–Crippen LogP) is 5.62. The Morgan fingerprint density at radius 1 is 1.00 bits per heavy atom. The van der Waals surface area contributed by atoms with Crippen molar-refractivity contribution < 1.29 is 19.1 Å². The summed E-state index contributed by atoms with van der Waals surface area (Å²) in [5, 5.41) is 8.69. The first-order valence-corrected chi connectivity index (χ1v) is 12.1. The SMILES string of the molecule is COc1ccc([C@H]2CC(c3ccc4ccccc4c3)=NN2C(=O)COC(=O)c2ccc(Cl)cc2N)cc1. The van der Waals surface area contributed by atoms with Crippen molar-refractivity contribution in [2.75, 3.05) is 19.5 Å². The van der Waals surface area contributed by atoms with Gasteiger partial charge in [0.15, 0.2) is 6.61 Å². The lowest BCUT2D eigenvalue weighted by Gasteiger charge is -2.22. The van der Waals surface area contributed by atoms with E-state index in [9.17, 15) is 9.59 Å². The van der Waals surface area contributed by atoms with Crippen molar-refractivity contribution >= 4 is 45.6 Å². The van der Waals surface area contributed by atoms with Gasteiger partial charge in [-0.2, -0.15) is 5.10 Å². The molecule has 1 atom stereocenters. The molecule has 7 nitrogen and oxygen atoms in total. The van der Waals surface area contributed by atoms with Gasteiger partial charge in [0, 0.05) is 17.1 Å². The van der Waals surface area contributed by atoms with Crippen LogP contribution in [0.1, 0.15) is 33.9 Å². The van der Waals surface area contributed by atoms with Crippen LogP contribution in [0, 0.1) is 0 Å². The summed E-state index contributed by atoms with van der Waals surface area (Å²) in [6, 6.07) is 25.8. The van der Waals surface area contributed by atoms with Gasteiger partial charge in [0.05, 0.1) is 24.4 Å². The van der Waals surface area contributed by atoms with E-state index >= 15 is 0 Å². The number of halogens is 1. The molecule has 37 heavy (non-hydrogen) atoms. The summed E-state index contributed by atoms with van der Waals surface area (Å²) in [7, 11) is 1.60. The molecule has 0 saturated carbocycles. The van der Waals surface area contributed by atoms with E-state index in [4.69, 9.17) is 26.8 Å². The number of hydrogen-bond donors (Lipinski definition) is 1. The molecular weight excluding hydrogens is 490 g/mol. The number of nitrogens with zero attached hydrogens (tertiary/aromatic N) is 2. The monoisotopic (exact) mass is 513 g/mol. The maximum atomic E-state index is 13.3. The van der Waals surface area contributed by atoms with Crippen molar-refractivity contribution in [1.82, 2.24) is 5.01 Å². The van der Waals surface area contributed by atoms with E-state index in [1.165, 1.54) is 23.2 Å². The lowest BCUT2D eigenvalue weighted by Crippen LogP contribution is -2.31. The summed E-state index contributed by atoms with van der Waals surface area (Å²) in [5.41, 5.74) is 8.80. The smallest absolute Gasteiger partial charge is 0.340 e. The van der Waals surface area contributed by atoms with Gasteiger partial charge in [-0.25, -0.2) is 9.80 Å². The van der Waals surface area contributed by atoms with Crippen LogP contribution in [0.25, 0.3) is 10.8 Å². The number of hydrazone groups is 1. The van der Waals surface area contributed by atoms with Crippen LogP contribution in [-0.4, -0.2) is 36.3 Å². The first kappa shape index (κ1) is 24.3. The van der Waals surface area contributed by atoms with Gasteiger partial charge in [0.2, 0.25) is 0 Å². The summed E-state index contributed by atoms with van der Waals surface area (Å²) in [6.45, 7) is -0.484. The molecule has 2 N–H and O–H groups in total. The summed E-state index contributed by atoms with van der Waals surface area (Å²) in [4.78, 5) is 25.8. The molecule has 5 rings (SSSR count). The molecule has 0 unspecified atom stereocenters. The Balaban J connectivity index is 1.41. The summed E-state index contributed by atoms with van der Waals surface area (Å²) < 4.78 is 10.6. The standard InChI is InChI=1S/C29H24ClN3O4/c1-36-23-11-8-19(9-12-23)27-16-26(21-7-6-18-4-2-3-5-20(18)14-21)32-33(27)28(34)17-37-29(35)24-13-10-22(30)15-25(24)31/h2-15,27H,16-17,31H2,1H3/t27-/m1/s1. The summed E-state index contributed by atoms with van der Waals surface area (Å²) >= 11 is 5.91. The molecular formula is C29H24ClN3O4. The molecule has 0 aliphatic carbocycles. The number of hydrogen-bond acceptors (Lipinski definition) is 6. The van der Waals surface area contributed by atoms with Crippen molar-refractivity contribution in [3.63, 3.8) is 0 Å². The lowest BCUT2D eigenvalue weighted by atomic mass is 9.97. The Labute approximate surface area is 219 Å². The third kappa shape index (κ3) is 5.13. The van der Waals surface area contributed by atoms with E-state index < -0.39 is 18.5 Å². The molecule has 0 aromatic heterocycles. The number of benzene rings is 4. The van der Waals surface area contributed by atoms with Crippen molar-refractivity contribution in [1.29, 1.82) is 0 Å². The third-order valence-corrected chi connectivity index (χ3v) is 6.54. The van der Waals surface area contributed by atoms with Crippen LogP contribution in [-0.2, 0) is 9.53 Å². The number of nitrogen functional groups attached to an aromatic ring is 1. The zero-order valence-corrected chi connectivity index (χ0v) is 20.8. The minimum Gasteiger partial charge on any atom is -0.497 e. The predicted molar refractivity (Wildman–Crippen MR) is 144 cm³/mol. The number of ether oxygens (including phenoxy) is 2. The van der Waals surface area contributed by atoms with Crippen LogP contribution >= 0.6 is 11.6 Å². The molecule has 0 spiro atoms. The van der Waals surface area contributed by atoms with Crippen LogP contribution in [0.15, 0.2) is 90.0 Å². The number of carbonyl (C=O) groups is 2. The highest BCUT2D eigenvalue weighted by Gasteiger charge is 2.33. The second-order valence-corrected chi connectivity index (χ2v) is 9.08. The fourth-order valence-electron chi connectivity index (χ4n) is 4.36. The highest BCUT2D eigenvalue weighted by Crippen LogP contribution is 2.34. The van der Waals surface area contributed by atoms with Gasteiger partial charge >= 0.3 is 5.97 Å². The fourth-order valence-corrected chi connectivity index (χ4v) is 4.54. The van der Waals surface area contributed by atoms with Gasteiger partial charge in [-0.1, -0.05) is 60.1 Å². The van der Waals surface area contributed by atoms with Crippen molar-refractivity contribution in [3.05, 3.63) is 107 Å². The Morgan fingerprint density at radius 3 is 2.49 bits per heavy atom. The third-order valence-electron chi connectivity index (χ3n) is 6.31. The van der Waals surface area contributed by atoms with E-state index in [0.29, 0.717) is 17.2 Å². The molecule has 0 radical (unpaired) electrons. The van der Waals surface area contributed by atoms with Crippen LogP contribution in [0.5, 0.6) is 5.75 Å². The van der Waals surface area contributed by atoms with Gasteiger partial charge in [-0.15, -0.1) is 0 Å². The summed E-state index contributed by atoms with van der Waals surface area (Å²) in [6.07, 6.45) is 0.508. The second kappa shape index (κ2) is 10.3. The van der Waals surface area contributed by atoms with Crippen molar-refractivity contribution in [3.8, 4) is 5.75 Å². The molecule has 0 saturated heterocycles. The van der Waals surface area contributed by atoms with E-state index in [1.54, 1.807) is 7.11 Å². The molecule has 1 aliphatic heterocycles. The number of carbonyl (C=O) groups excluding carboxylic acids is 2. The van der Waals surface area contributed by atoms with E-state index in [2.05, 4.69) is 11.2 Å². The quantitative estimate of drug-likeness (QED) is 0.267. The molecule has 8 heteroatoms. The van der Waals surface area contributed by atoms with Gasteiger partial charge < -0.3 is 15.2 Å². The Hall–Kier alpha value is -4.36. The number of nitrogens with two attached hydrogens (primary N) is 1. The first-order chi connectivity index (χ1) is 17.9. The first-order valence-electron chi connectivity index (χ1n) is 11.7. The minimum atomic E-state index is -0.707. The van der Waals surface area contributed by atoms with E-state index in [0.717, 1.165) is 27.6 Å². The van der Waals surface area contributed by atoms with Gasteiger partial charge in [0.1, 0.15) is 5.75 Å². The number of methoxy groups -OCH3 is 1. The van der Waals surface area contributed by atoms with Gasteiger partial charge in [0.25, 0.3) is 5.91 Å². The molecule has 1 heterocycles. The maximum Gasteiger partial charge on any atom is 0.340 e. The molecule has 0 fully saturated rings. The lowest BCUT2D eigenvalue weighted by molar-refractivity contribution is -0.136. The number of esters is 1. The van der Waals surface area contributed by atoms with E-state index in [1.807, 2.05) is 60.7 Å². The van der Waals surface area contributed by atoms with Crippen molar-refractivity contribution in [2.45, 2.75) is 12.5 Å². The molecule has 4 aromatic rings. The summed E-state index contributed by atoms with van der Waals surface area (Å²) in [5.74, 6) is -0.441. The fraction of sp³-hybridized carbons (Fsp3) is 0.138. The average molecular weight is 514 g/mol. The van der Waals surface area contributed by atoms with Crippen molar-refractivity contribution in [2.24, 2.45) is 5.10 Å². The van der Waals surface area contributed by atoms with Gasteiger partial charge in [-0.05, 0) is 58.3 Å². The van der Waals surface area contributed by atoms with E-state index in [-0.39, 0.29) is 17.3 Å². The van der Waals surface area contributed by atoms with Crippen LogP contribution < -0.4 is 10.5 Å². The van der Waals surface area contributed by atoms with Crippen LogP contribution in [0.3, 0.4) is 0 Å². The van der Waals surface area contributed by atoms with Crippen LogP contribution in [0.4, 0.5) is 5.69 Å². The highest BCUT2D eigenvalue weighted by molar-refractivity contribution is 6.31. The van der Waals surface area contributed by atoms with Gasteiger partial charge in [-0.3, -0.25) is 4.79 Å². The van der Waals surface area contributed by atoms with Crippen LogP contribution in [0.2, 0.25) is 5.02 Å². The maximum absolute atomic E-state index is 13.3. The second-order valence-electron chi connectivity index (χ2n) is 8.65. The zero-order chi connectivity index (χ0) is 25.9. The molecule has 186 valence electrons. The number of anilines is 1. The number of amides is 1. The Kier molecular flexibility index (Phi) is 6.79. The largest absolute Gasteiger partial charge is 0.497 e. The molecule has 0 bridgehead atoms.